The molecule has 0 unspecified atom stereocenters. The Morgan fingerprint density at radius 2 is 1.15 bits per heavy atom. The van der Waals surface area contributed by atoms with Crippen LogP contribution >= 0.6 is 11.3 Å². The largest absolute Gasteiger partial charge is 0.456 e. The number of furan rings is 1. The molecule has 0 atom stereocenters. The Bertz CT molecular complexity index is 2810. The van der Waals surface area contributed by atoms with Crippen LogP contribution in [0.15, 0.2) is 144 Å². The maximum atomic E-state index is 6.31. The maximum Gasteiger partial charge on any atom is 0.136 e. The van der Waals surface area contributed by atoms with Crippen LogP contribution in [0.5, 0.6) is 0 Å². The van der Waals surface area contributed by atoms with Crippen LogP contribution in [0.2, 0.25) is 0 Å². The predicted molar refractivity (Wildman–Crippen MR) is 201 cm³/mol. The molecule has 3 aromatic heterocycles. The molecule has 0 fully saturated rings. The van der Waals surface area contributed by atoms with Crippen LogP contribution < -0.4 is 0 Å². The van der Waals surface area contributed by atoms with Gasteiger partial charge in [-0.25, -0.2) is 0 Å². The summed E-state index contributed by atoms with van der Waals surface area (Å²) in [6, 6.07) is 51.0. The molecular weight excluding hydrogens is 591 g/mol. The third-order valence-corrected chi connectivity index (χ3v) is 11.0. The Morgan fingerprint density at radius 3 is 1.94 bits per heavy atom. The molecule has 0 N–H and O–H groups in total. The molecule has 0 aliphatic rings. The molecule has 0 amide bonds. The van der Waals surface area contributed by atoms with E-state index >= 15 is 0 Å². The molecule has 47 heavy (non-hydrogen) atoms. The zero-order chi connectivity index (χ0) is 31.2. The van der Waals surface area contributed by atoms with Crippen molar-refractivity contribution in [3.63, 3.8) is 0 Å². The third-order valence-electron chi connectivity index (χ3n) is 9.69. The molecule has 0 aliphatic heterocycles. The minimum atomic E-state index is 0.916. The van der Waals surface area contributed by atoms with Crippen LogP contribution in [0, 0.1) is 13.8 Å². The number of rotatable bonds is 3. The van der Waals surface area contributed by atoms with E-state index in [1.165, 1.54) is 75.5 Å². The predicted octanol–water partition coefficient (Wildman–Crippen LogP) is 13.0. The van der Waals surface area contributed by atoms with Gasteiger partial charge in [0.05, 0.1) is 21.4 Å². The maximum absolute atomic E-state index is 6.31. The Morgan fingerprint density at radius 1 is 0.447 bits per heavy atom. The zero-order valence-electron chi connectivity index (χ0n) is 26.0. The molecule has 3 heteroatoms. The summed E-state index contributed by atoms with van der Waals surface area (Å²) in [6.07, 6.45) is 0. The van der Waals surface area contributed by atoms with Gasteiger partial charge >= 0.3 is 0 Å². The number of benzene rings is 7. The summed E-state index contributed by atoms with van der Waals surface area (Å²) in [6.45, 7) is 4.36. The van der Waals surface area contributed by atoms with Gasteiger partial charge < -0.3 is 8.98 Å². The van der Waals surface area contributed by atoms with E-state index in [0.717, 1.165) is 27.5 Å². The molecule has 10 aromatic rings. The van der Waals surface area contributed by atoms with E-state index in [1.807, 2.05) is 23.5 Å². The second-order valence-corrected chi connectivity index (χ2v) is 13.7. The molecule has 0 bridgehead atoms. The number of aryl methyl sites for hydroxylation is 2. The van der Waals surface area contributed by atoms with Crippen molar-refractivity contribution in [3.8, 4) is 27.9 Å². The lowest BCUT2D eigenvalue weighted by atomic mass is 9.95. The summed E-state index contributed by atoms with van der Waals surface area (Å²) < 4.78 is 11.4. The fraction of sp³-hybridized carbons (Fsp3) is 0.0455. The summed E-state index contributed by atoms with van der Waals surface area (Å²) in [5, 5.41) is 7.46. The van der Waals surface area contributed by atoms with Gasteiger partial charge in [-0.2, -0.15) is 0 Å². The van der Waals surface area contributed by atoms with Crippen molar-refractivity contribution in [2.24, 2.45) is 0 Å². The Hall–Kier alpha value is -5.64. The van der Waals surface area contributed by atoms with Crippen molar-refractivity contribution >= 4 is 75.3 Å². The quantitative estimate of drug-likeness (QED) is 0.192. The van der Waals surface area contributed by atoms with Gasteiger partial charge in [0.1, 0.15) is 11.2 Å². The van der Waals surface area contributed by atoms with Gasteiger partial charge in [0.25, 0.3) is 0 Å². The lowest BCUT2D eigenvalue weighted by Crippen LogP contribution is -1.94. The van der Waals surface area contributed by atoms with E-state index in [1.54, 1.807) is 0 Å². The highest BCUT2D eigenvalue weighted by atomic mass is 32.1. The summed E-state index contributed by atoms with van der Waals surface area (Å²) in [5.41, 5.74) is 12.9. The Kier molecular flexibility index (Phi) is 5.61. The molecule has 0 saturated carbocycles. The van der Waals surface area contributed by atoms with E-state index in [2.05, 4.69) is 146 Å². The topological polar surface area (TPSA) is 18.1 Å². The number of thiophene rings is 1. The number of hydrogen-bond acceptors (Lipinski definition) is 2. The number of para-hydroxylation sites is 1. The number of nitrogens with zero attached hydrogens (tertiary/aromatic N) is 1. The first-order chi connectivity index (χ1) is 23.1. The molecular formula is C44H29NOS. The average molecular weight is 620 g/mol. The van der Waals surface area contributed by atoms with Crippen molar-refractivity contribution in [2.75, 3.05) is 0 Å². The minimum absolute atomic E-state index is 0.916. The van der Waals surface area contributed by atoms with Crippen molar-refractivity contribution in [3.05, 3.63) is 151 Å². The summed E-state index contributed by atoms with van der Waals surface area (Å²) >= 11 is 1.90. The van der Waals surface area contributed by atoms with Crippen LogP contribution in [0.25, 0.3) is 91.9 Å². The van der Waals surface area contributed by atoms with E-state index in [0.29, 0.717) is 0 Å². The molecule has 2 nitrogen and oxygen atoms in total. The van der Waals surface area contributed by atoms with Gasteiger partial charge in [-0.1, -0.05) is 90.0 Å². The smallest absolute Gasteiger partial charge is 0.136 e. The standard InChI is InChI=1S/C44H29NOS/c1-26-15-19-38-35(21-26)36-22-27(2)16-20-39(36)45(38)40-13-8-12-33-37-24-30(23-34(43(37)47-44(33)40)28-9-4-3-5-10-28)29-17-18-32-31-11-6-7-14-41(31)46-42(32)25-29/h3-25H,1-2H3. The van der Waals surface area contributed by atoms with Gasteiger partial charge in [0.15, 0.2) is 0 Å². The van der Waals surface area contributed by atoms with Crippen molar-refractivity contribution < 1.29 is 4.42 Å². The van der Waals surface area contributed by atoms with E-state index in [4.69, 9.17) is 4.42 Å². The molecule has 0 aliphatic carbocycles. The average Bonchev–Trinajstić information content (AvgIpc) is 3.77. The lowest BCUT2D eigenvalue weighted by molar-refractivity contribution is 0.669. The van der Waals surface area contributed by atoms with Crippen LogP contribution in [0.3, 0.4) is 0 Å². The summed E-state index contributed by atoms with van der Waals surface area (Å²) in [4.78, 5) is 0. The zero-order valence-corrected chi connectivity index (χ0v) is 26.9. The molecule has 0 radical (unpaired) electrons. The highest BCUT2D eigenvalue weighted by molar-refractivity contribution is 7.26. The molecule has 0 spiro atoms. The second kappa shape index (κ2) is 9.93. The van der Waals surface area contributed by atoms with Crippen LogP contribution in [-0.4, -0.2) is 4.57 Å². The lowest BCUT2D eigenvalue weighted by Gasteiger charge is -2.10. The highest BCUT2D eigenvalue weighted by Crippen LogP contribution is 2.46. The second-order valence-electron chi connectivity index (χ2n) is 12.7. The van der Waals surface area contributed by atoms with E-state index < -0.39 is 0 Å². The first kappa shape index (κ1) is 26.6. The van der Waals surface area contributed by atoms with Gasteiger partial charge in [-0.3, -0.25) is 0 Å². The van der Waals surface area contributed by atoms with Crippen molar-refractivity contribution in [1.82, 2.24) is 4.57 Å². The number of aromatic nitrogens is 1. The molecule has 10 rings (SSSR count). The fourth-order valence-corrected chi connectivity index (χ4v) is 8.80. The number of fused-ring (bicyclic) bond motifs is 9. The first-order valence-corrected chi connectivity index (χ1v) is 16.9. The Labute approximate surface area is 275 Å². The molecule has 222 valence electrons. The summed E-state index contributed by atoms with van der Waals surface area (Å²) in [7, 11) is 0. The van der Waals surface area contributed by atoms with E-state index in [-0.39, 0.29) is 0 Å². The monoisotopic (exact) mass is 619 g/mol. The minimum Gasteiger partial charge on any atom is -0.456 e. The van der Waals surface area contributed by atoms with Gasteiger partial charge in [0, 0.05) is 42.6 Å². The third kappa shape index (κ3) is 3.97. The fourth-order valence-electron chi connectivity index (χ4n) is 7.48. The van der Waals surface area contributed by atoms with Crippen molar-refractivity contribution in [1.29, 1.82) is 0 Å². The SMILES string of the molecule is Cc1ccc2c(c1)c1cc(C)ccc1n2-c1cccc2c1sc1c(-c3ccccc3)cc(-c3ccc4c(c3)oc3ccccc34)cc12. The normalized spacial score (nSPS) is 12.0. The van der Waals surface area contributed by atoms with Gasteiger partial charge in [-0.15, -0.1) is 11.3 Å². The summed E-state index contributed by atoms with van der Waals surface area (Å²) in [5.74, 6) is 0. The van der Waals surface area contributed by atoms with Crippen LogP contribution in [0.4, 0.5) is 0 Å². The van der Waals surface area contributed by atoms with Crippen molar-refractivity contribution in [2.45, 2.75) is 13.8 Å². The number of hydrogen-bond donors (Lipinski definition) is 0. The molecule has 7 aromatic carbocycles. The van der Waals surface area contributed by atoms with E-state index in [9.17, 15) is 0 Å². The van der Waals surface area contributed by atoms with Crippen LogP contribution in [0.1, 0.15) is 11.1 Å². The van der Waals surface area contributed by atoms with Gasteiger partial charge in [0.2, 0.25) is 0 Å². The Balaban J connectivity index is 1.27. The van der Waals surface area contributed by atoms with Crippen LogP contribution in [-0.2, 0) is 0 Å². The highest BCUT2D eigenvalue weighted by Gasteiger charge is 2.19. The molecule has 3 heterocycles. The molecule has 0 saturated heterocycles. The first-order valence-electron chi connectivity index (χ1n) is 16.1. The van der Waals surface area contributed by atoms with Gasteiger partial charge in [-0.05, 0) is 91.2 Å².